The summed E-state index contributed by atoms with van der Waals surface area (Å²) in [6.45, 7) is 4.46. The van der Waals surface area contributed by atoms with Crippen molar-refractivity contribution in [1.29, 1.82) is 0 Å². The average Bonchev–Trinajstić information content (AvgIpc) is 3.01. The van der Waals surface area contributed by atoms with E-state index in [1.165, 1.54) is 19.3 Å². The molecule has 98 valence electrons. The number of nitrogens with zero attached hydrogens (tertiary/aromatic N) is 3. The third kappa shape index (κ3) is 1.91. The van der Waals surface area contributed by atoms with Crippen LogP contribution in [0.3, 0.4) is 0 Å². The summed E-state index contributed by atoms with van der Waals surface area (Å²) < 4.78 is 2.01. The Labute approximate surface area is 111 Å². The molecule has 0 aromatic carbocycles. The highest BCUT2D eigenvalue weighted by Gasteiger charge is 2.26. The molecule has 0 radical (unpaired) electrons. The summed E-state index contributed by atoms with van der Waals surface area (Å²) in [5.74, 6) is 1.78. The van der Waals surface area contributed by atoms with E-state index in [0.29, 0.717) is 0 Å². The lowest BCUT2D eigenvalue weighted by Crippen LogP contribution is -2.21. The first-order valence-electron chi connectivity index (χ1n) is 6.63. The van der Waals surface area contributed by atoms with Gasteiger partial charge < -0.3 is 10.0 Å². The fourth-order valence-electron chi connectivity index (χ4n) is 2.89. The van der Waals surface area contributed by atoms with Crippen molar-refractivity contribution in [2.24, 2.45) is 5.92 Å². The van der Waals surface area contributed by atoms with Gasteiger partial charge in [-0.05, 0) is 18.8 Å². The Balaban J connectivity index is 1.88. The van der Waals surface area contributed by atoms with Crippen LogP contribution in [0, 0.1) is 5.92 Å². The molecule has 2 aromatic heterocycles. The van der Waals surface area contributed by atoms with Gasteiger partial charge in [0, 0.05) is 24.7 Å². The molecule has 1 N–H and O–H groups in total. The minimum Gasteiger partial charge on any atom is -0.390 e. The van der Waals surface area contributed by atoms with Crippen molar-refractivity contribution in [3.05, 3.63) is 17.3 Å². The predicted molar refractivity (Wildman–Crippen MR) is 74.2 cm³/mol. The Morgan fingerprint density at radius 3 is 3.22 bits per heavy atom. The van der Waals surface area contributed by atoms with E-state index in [1.807, 2.05) is 16.0 Å². The van der Waals surface area contributed by atoms with Crippen LogP contribution in [0.2, 0.25) is 0 Å². The zero-order chi connectivity index (χ0) is 12.5. The normalized spacial score (nSPS) is 20.1. The van der Waals surface area contributed by atoms with E-state index in [2.05, 4.69) is 16.8 Å². The van der Waals surface area contributed by atoms with E-state index in [9.17, 15) is 5.11 Å². The predicted octanol–water partition coefficient (Wildman–Crippen LogP) is 2.51. The maximum Gasteiger partial charge on any atom is 0.195 e. The summed E-state index contributed by atoms with van der Waals surface area (Å²) in [6.07, 6.45) is 5.79. The van der Waals surface area contributed by atoms with E-state index in [0.717, 1.165) is 35.5 Å². The number of anilines is 1. The first kappa shape index (κ1) is 12.0. The van der Waals surface area contributed by atoms with Crippen LogP contribution in [-0.4, -0.2) is 27.6 Å². The molecule has 3 rings (SSSR count). The fourth-order valence-corrected chi connectivity index (χ4v) is 3.62. The zero-order valence-corrected chi connectivity index (χ0v) is 11.5. The molecule has 1 unspecified atom stereocenters. The summed E-state index contributed by atoms with van der Waals surface area (Å²) >= 11 is 1.62. The summed E-state index contributed by atoms with van der Waals surface area (Å²) in [5, 5.41) is 11.6. The van der Waals surface area contributed by atoms with Gasteiger partial charge in [-0.15, -0.1) is 11.3 Å². The second-order valence-corrected chi connectivity index (χ2v) is 5.86. The highest BCUT2D eigenvalue weighted by Crippen LogP contribution is 2.30. The molecular formula is C13H19N3OS. The molecule has 0 amide bonds. The first-order chi connectivity index (χ1) is 8.83. The molecule has 0 spiro atoms. The van der Waals surface area contributed by atoms with Crippen molar-refractivity contribution in [3.8, 4) is 0 Å². The highest BCUT2D eigenvalue weighted by atomic mass is 32.1. The van der Waals surface area contributed by atoms with Gasteiger partial charge in [-0.25, -0.2) is 4.98 Å². The van der Waals surface area contributed by atoms with Crippen molar-refractivity contribution in [3.63, 3.8) is 0 Å². The molecule has 4 nitrogen and oxygen atoms in total. The topological polar surface area (TPSA) is 40.8 Å². The van der Waals surface area contributed by atoms with Gasteiger partial charge in [0.1, 0.15) is 0 Å². The number of hydrogen-bond donors (Lipinski definition) is 1. The van der Waals surface area contributed by atoms with Crippen molar-refractivity contribution in [2.75, 3.05) is 18.0 Å². The Bertz CT molecular complexity index is 533. The van der Waals surface area contributed by atoms with E-state index < -0.39 is 0 Å². The minimum absolute atomic E-state index is 0.0577. The van der Waals surface area contributed by atoms with Crippen LogP contribution in [0.25, 0.3) is 4.96 Å². The average molecular weight is 265 g/mol. The lowest BCUT2D eigenvalue weighted by atomic mass is 10.0. The third-order valence-electron chi connectivity index (χ3n) is 3.77. The molecule has 3 heterocycles. The summed E-state index contributed by atoms with van der Waals surface area (Å²) in [5.41, 5.74) is 0.934. The van der Waals surface area contributed by atoms with Gasteiger partial charge in [0.25, 0.3) is 0 Å². The molecule has 18 heavy (non-hydrogen) atoms. The van der Waals surface area contributed by atoms with Gasteiger partial charge in [0.15, 0.2) is 10.8 Å². The maximum absolute atomic E-state index is 9.57. The monoisotopic (exact) mass is 265 g/mol. The van der Waals surface area contributed by atoms with Crippen LogP contribution >= 0.6 is 11.3 Å². The molecule has 0 bridgehead atoms. The van der Waals surface area contributed by atoms with Crippen molar-refractivity contribution in [2.45, 2.75) is 32.8 Å². The largest absolute Gasteiger partial charge is 0.390 e. The smallest absolute Gasteiger partial charge is 0.195 e. The molecule has 1 atom stereocenters. The SMILES string of the molecule is CCCC1CCN(c2nc3sccn3c2CO)C1. The molecule has 0 saturated carbocycles. The van der Waals surface area contributed by atoms with E-state index in [-0.39, 0.29) is 6.61 Å². The van der Waals surface area contributed by atoms with Crippen LogP contribution in [0.1, 0.15) is 31.9 Å². The van der Waals surface area contributed by atoms with Crippen molar-refractivity contribution >= 4 is 22.1 Å². The number of rotatable bonds is 4. The maximum atomic E-state index is 9.57. The quantitative estimate of drug-likeness (QED) is 0.923. The number of hydrogen-bond acceptors (Lipinski definition) is 4. The lowest BCUT2D eigenvalue weighted by molar-refractivity contribution is 0.276. The Kier molecular flexibility index (Phi) is 3.26. The van der Waals surface area contributed by atoms with Crippen LogP contribution in [0.5, 0.6) is 0 Å². The lowest BCUT2D eigenvalue weighted by Gasteiger charge is -2.17. The standard InChI is InChI=1S/C13H19N3OS/c1-2-3-10-4-5-15(8-10)12-11(9-17)16-6-7-18-13(16)14-12/h6-7,10,17H,2-5,8-9H2,1H3. The summed E-state index contributed by atoms with van der Waals surface area (Å²) in [4.78, 5) is 7.99. The summed E-state index contributed by atoms with van der Waals surface area (Å²) in [7, 11) is 0. The van der Waals surface area contributed by atoms with Crippen LogP contribution in [0.15, 0.2) is 11.6 Å². The summed E-state index contributed by atoms with van der Waals surface area (Å²) in [6, 6.07) is 0. The number of aromatic nitrogens is 2. The van der Waals surface area contributed by atoms with Crippen LogP contribution in [-0.2, 0) is 6.61 Å². The third-order valence-corrected chi connectivity index (χ3v) is 4.53. The van der Waals surface area contributed by atoms with E-state index in [1.54, 1.807) is 11.3 Å². The van der Waals surface area contributed by atoms with E-state index >= 15 is 0 Å². The van der Waals surface area contributed by atoms with Crippen LogP contribution in [0.4, 0.5) is 5.82 Å². The molecule has 1 fully saturated rings. The molecule has 0 aliphatic carbocycles. The Morgan fingerprint density at radius 1 is 1.56 bits per heavy atom. The Morgan fingerprint density at radius 2 is 2.44 bits per heavy atom. The number of fused-ring (bicyclic) bond motifs is 1. The number of aliphatic hydroxyl groups excluding tert-OH is 1. The van der Waals surface area contributed by atoms with Gasteiger partial charge >= 0.3 is 0 Å². The minimum atomic E-state index is 0.0577. The fraction of sp³-hybridized carbons (Fsp3) is 0.615. The number of thiazole rings is 1. The molecular weight excluding hydrogens is 246 g/mol. The number of aliphatic hydroxyl groups is 1. The van der Waals surface area contributed by atoms with Crippen LogP contribution < -0.4 is 4.90 Å². The van der Waals surface area contributed by atoms with Crippen molar-refractivity contribution < 1.29 is 5.11 Å². The zero-order valence-electron chi connectivity index (χ0n) is 10.7. The molecule has 2 aromatic rings. The van der Waals surface area contributed by atoms with Gasteiger partial charge in [-0.2, -0.15) is 0 Å². The molecule has 5 heteroatoms. The second kappa shape index (κ2) is 4.90. The van der Waals surface area contributed by atoms with Gasteiger partial charge in [-0.1, -0.05) is 13.3 Å². The van der Waals surface area contributed by atoms with Gasteiger partial charge in [0.2, 0.25) is 0 Å². The van der Waals surface area contributed by atoms with Gasteiger partial charge in [0.05, 0.1) is 12.3 Å². The first-order valence-corrected chi connectivity index (χ1v) is 7.51. The molecule has 1 aliphatic rings. The molecule has 1 saturated heterocycles. The van der Waals surface area contributed by atoms with Gasteiger partial charge in [-0.3, -0.25) is 4.40 Å². The Hall–Kier alpha value is -1.07. The highest BCUT2D eigenvalue weighted by molar-refractivity contribution is 7.15. The second-order valence-electron chi connectivity index (χ2n) is 4.99. The number of imidazole rings is 1. The van der Waals surface area contributed by atoms with Crippen molar-refractivity contribution in [1.82, 2.24) is 9.38 Å². The van der Waals surface area contributed by atoms with E-state index in [4.69, 9.17) is 0 Å². The molecule has 1 aliphatic heterocycles.